The zero-order valence-electron chi connectivity index (χ0n) is 12.3. The Hall–Kier alpha value is -1.44. The number of esters is 1. The van der Waals surface area contributed by atoms with E-state index in [1.165, 1.54) is 11.3 Å². The van der Waals surface area contributed by atoms with E-state index in [4.69, 9.17) is 10.5 Å². The second-order valence-electron chi connectivity index (χ2n) is 6.08. The number of carboxylic acid groups (broad SMARTS) is 1. The Morgan fingerprint density at radius 1 is 1.52 bits per heavy atom. The van der Waals surface area contributed by atoms with Gasteiger partial charge in [0.2, 0.25) is 0 Å². The van der Waals surface area contributed by atoms with Crippen molar-refractivity contribution in [2.75, 3.05) is 6.54 Å². The second kappa shape index (κ2) is 5.75. The lowest BCUT2D eigenvalue weighted by molar-refractivity contribution is -0.176. The first-order valence-electron chi connectivity index (χ1n) is 6.71. The fourth-order valence-electron chi connectivity index (χ4n) is 2.29. The van der Waals surface area contributed by atoms with Crippen molar-refractivity contribution in [2.45, 2.75) is 38.6 Å². The van der Waals surface area contributed by atoms with Crippen molar-refractivity contribution in [1.82, 2.24) is 4.90 Å². The molecule has 0 spiro atoms. The lowest BCUT2D eigenvalue weighted by Crippen LogP contribution is -2.66. The molecule has 7 heteroatoms. The van der Waals surface area contributed by atoms with E-state index in [1.807, 2.05) is 5.38 Å². The molecule has 3 atom stereocenters. The fourth-order valence-corrected chi connectivity index (χ4v) is 3.13. The van der Waals surface area contributed by atoms with Gasteiger partial charge in [-0.05, 0) is 32.2 Å². The quantitative estimate of drug-likeness (QED) is 0.817. The standard InChI is InChI=1S/C14H20N2O4S/c1-14(2,3)20-13(19)8-7-16(11(8)15)10(12(17)18)9-5-4-6-21-9/h4-6,8,10-11H,7,15H2,1-3H3,(H,17,18)/t8-,10-,11+/m1/s1. The molecule has 1 fully saturated rings. The summed E-state index contributed by atoms with van der Waals surface area (Å²) in [6, 6.07) is 2.75. The van der Waals surface area contributed by atoms with Gasteiger partial charge in [0.25, 0.3) is 0 Å². The van der Waals surface area contributed by atoms with Crippen LogP contribution in [0.1, 0.15) is 31.7 Å². The van der Waals surface area contributed by atoms with Gasteiger partial charge < -0.3 is 15.6 Å². The van der Waals surface area contributed by atoms with Gasteiger partial charge >= 0.3 is 11.9 Å². The Balaban J connectivity index is 2.05. The number of carbonyl (C=O) groups is 2. The number of carbonyl (C=O) groups excluding carboxylic acids is 1. The molecule has 1 aromatic rings. The number of nitrogens with zero attached hydrogens (tertiary/aromatic N) is 1. The number of carboxylic acids is 1. The van der Waals surface area contributed by atoms with E-state index >= 15 is 0 Å². The lowest BCUT2D eigenvalue weighted by Gasteiger charge is -2.47. The zero-order chi connectivity index (χ0) is 15.8. The fraction of sp³-hybridized carbons (Fsp3) is 0.571. The maximum atomic E-state index is 12.0. The highest BCUT2D eigenvalue weighted by Crippen LogP contribution is 2.35. The van der Waals surface area contributed by atoms with E-state index in [0.29, 0.717) is 11.4 Å². The topological polar surface area (TPSA) is 92.9 Å². The van der Waals surface area contributed by atoms with Crippen LogP contribution in [0, 0.1) is 5.92 Å². The van der Waals surface area contributed by atoms with Gasteiger partial charge in [0.05, 0.1) is 12.1 Å². The van der Waals surface area contributed by atoms with Gasteiger partial charge in [0, 0.05) is 11.4 Å². The number of rotatable bonds is 4. The summed E-state index contributed by atoms with van der Waals surface area (Å²) in [6.07, 6.45) is -0.636. The van der Waals surface area contributed by atoms with Crippen LogP contribution in [0.4, 0.5) is 0 Å². The summed E-state index contributed by atoms with van der Waals surface area (Å²) >= 11 is 1.36. The molecule has 0 aromatic carbocycles. The number of hydrogen-bond donors (Lipinski definition) is 2. The Morgan fingerprint density at radius 3 is 2.62 bits per heavy atom. The smallest absolute Gasteiger partial charge is 0.326 e. The monoisotopic (exact) mass is 312 g/mol. The third-order valence-corrected chi connectivity index (χ3v) is 4.22. The predicted octanol–water partition coefficient (Wildman–Crippen LogP) is 1.43. The molecule has 1 aromatic heterocycles. The number of thiophene rings is 1. The van der Waals surface area contributed by atoms with Crippen LogP contribution in [-0.4, -0.2) is 40.3 Å². The van der Waals surface area contributed by atoms with Gasteiger partial charge in [0.1, 0.15) is 11.6 Å². The Morgan fingerprint density at radius 2 is 2.19 bits per heavy atom. The maximum Gasteiger partial charge on any atom is 0.326 e. The summed E-state index contributed by atoms with van der Waals surface area (Å²) < 4.78 is 5.30. The van der Waals surface area contributed by atoms with E-state index in [-0.39, 0.29) is 5.97 Å². The van der Waals surface area contributed by atoms with E-state index in [9.17, 15) is 14.7 Å². The number of aliphatic carboxylic acids is 1. The minimum absolute atomic E-state index is 0.297. The van der Waals surface area contributed by atoms with Crippen LogP contribution in [-0.2, 0) is 14.3 Å². The molecule has 3 N–H and O–H groups in total. The summed E-state index contributed by atoms with van der Waals surface area (Å²) in [5.74, 6) is -1.82. The van der Waals surface area contributed by atoms with Crippen LogP contribution in [0.3, 0.4) is 0 Å². The average molecular weight is 312 g/mol. The van der Waals surface area contributed by atoms with Crippen molar-refractivity contribution in [2.24, 2.45) is 11.7 Å². The average Bonchev–Trinajstić information content (AvgIpc) is 2.83. The van der Waals surface area contributed by atoms with Gasteiger partial charge in [-0.2, -0.15) is 0 Å². The highest BCUT2D eigenvalue weighted by molar-refractivity contribution is 7.10. The molecule has 0 amide bonds. The summed E-state index contributed by atoms with van der Waals surface area (Å²) in [5, 5.41) is 11.2. The van der Waals surface area contributed by atoms with Gasteiger partial charge in [0.15, 0.2) is 0 Å². The van der Waals surface area contributed by atoms with Crippen LogP contribution in [0.15, 0.2) is 17.5 Å². The van der Waals surface area contributed by atoms with Crippen LogP contribution in [0.2, 0.25) is 0 Å². The van der Waals surface area contributed by atoms with Crippen LogP contribution in [0.25, 0.3) is 0 Å². The molecular formula is C14H20N2O4S. The molecule has 0 saturated carbocycles. The number of likely N-dealkylation sites (tertiary alicyclic amines) is 1. The molecule has 2 rings (SSSR count). The molecular weight excluding hydrogens is 292 g/mol. The first-order valence-corrected chi connectivity index (χ1v) is 7.59. The van der Waals surface area contributed by atoms with E-state index < -0.39 is 29.7 Å². The molecule has 0 unspecified atom stereocenters. The largest absolute Gasteiger partial charge is 0.480 e. The second-order valence-corrected chi connectivity index (χ2v) is 7.06. The molecule has 21 heavy (non-hydrogen) atoms. The number of nitrogens with two attached hydrogens (primary N) is 1. The predicted molar refractivity (Wildman–Crippen MR) is 78.7 cm³/mol. The SMILES string of the molecule is CC(C)(C)OC(=O)[C@@H]1CN([C@@H](C(=O)O)c2cccs2)[C@@H]1N. The molecule has 116 valence electrons. The van der Waals surface area contributed by atoms with Crippen molar-refractivity contribution in [3.05, 3.63) is 22.4 Å². The third kappa shape index (κ3) is 3.42. The normalized spacial score (nSPS) is 24.2. The summed E-state index contributed by atoms with van der Waals surface area (Å²) in [7, 11) is 0. The minimum atomic E-state index is -0.962. The molecule has 0 radical (unpaired) electrons. The Labute approximate surface area is 127 Å². The van der Waals surface area contributed by atoms with Crippen molar-refractivity contribution in [3.63, 3.8) is 0 Å². The number of ether oxygens (including phenoxy) is 1. The van der Waals surface area contributed by atoms with Crippen molar-refractivity contribution in [1.29, 1.82) is 0 Å². The van der Waals surface area contributed by atoms with Gasteiger partial charge in [-0.1, -0.05) is 6.07 Å². The summed E-state index contributed by atoms with van der Waals surface area (Å²) in [5.41, 5.74) is 5.43. The van der Waals surface area contributed by atoms with Gasteiger partial charge in [-0.15, -0.1) is 11.3 Å². The highest BCUT2D eigenvalue weighted by Gasteiger charge is 2.48. The molecule has 1 aliphatic heterocycles. The number of hydrogen-bond acceptors (Lipinski definition) is 6. The highest BCUT2D eigenvalue weighted by atomic mass is 32.1. The third-order valence-electron chi connectivity index (χ3n) is 3.29. The first kappa shape index (κ1) is 15.9. The van der Waals surface area contributed by atoms with Crippen molar-refractivity contribution < 1.29 is 19.4 Å². The Kier molecular flexibility index (Phi) is 4.36. The lowest BCUT2D eigenvalue weighted by atomic mass is 9.92. The summed E-state index contributed by atoms with van der Waals surface area (Å²) in [6.45, 7) is 5.67. The molecule has 6 nitrogen and oxygen atoms in total. The summed E-state index contributed by atoms with van der Waals surface area (Å²) in [4.78, 5) is 25.8. The van der Waals surface area contributed by atoms with Crippen LogP contribution < -0.4 is 5.73 Å². The van der Waals surface area contributed by atoms with E-state index in [2.05, 4.69) is 0 Å². The van der Waals surface area contributed by atoms with Crippen LogP contribution >= 0.6 is 11.3 Å². The molecule has 1 saturated heterocycles. The zero-order valence-corrected chi connectivity index (χ0v) is 13.1. The minimum Gasteiger partial charge on any atom is -0.480 e. The molecule has 0 bridgehead atoms. The van der Waals surface area contributed by atoms with E-state index in [0.717, 1.165) is 0 Å². The first-order chi connectivity index (χ1) is 9.70. The van der Waals surface area contributed by atoms with E-state index in [1.54, 1.807) is 37.8 Å². The van der Waals surface area contributed by atoms with Crippen molar-refractivity contribution >= 4 is 23.3 Å². The van der Waals surface area contributed by atoms with Crippen molar-refractivity contribution in [3.8, 4) is 0 Å². The molecule has 2 heterocycles. The maximum absolute atomic E-state index is 12.0. The molecule has 0 aliphatic carbocycles. The molecule has 1 aliphatic rings. The van der Waals surface area contributed by atoms with Gasteiger partial charge in [-0.3, -0.25) is 14.5 Å². The van der Waals surface area contributed by atoms with Gasteiger partial charge in [-0.25, -0.2) is 0 Å². The van der Waals surface area contributed by atoms with Crippen LogP contribution in [0.5, 0.6) is 0 Å². The Bertz CT molecular complexity index is 524.